The zero-order chi connectivity index (χ0) is 23.5. The second kappa shape index (κ2) is 9.21. The van der Waals surface area contributed by atoms with E-state index in [-0.39, 0.29) is 24.2 Å². The van der Waals surface area contributed by atoms with Crippen LogP contribution in [0.2, 0.25) is 0 Å². The first-order valence-electron chi connectivity index (χ1n) is 10.1. The molecule has 0 saturated carbocycles. The normalized spacial score (nSPS) is 11.2. The summed E-state index contributed by atoms with van der Waals surface area (Å²) in [5, 5.41) is 7.44. The molecule has 32 heavy (non-hydrogen) atoms. The Balaban J connectivity index is 1.99. The van der Waals surface area contributed by atoms with E-state index in [1.807, 2.05) is 26.8 Å². The van der Waals surface area contributed by atoms with Gasteiger partial charge in [-0.15, -0.1) is 0 Å². The van der Waals surface area contributed by atoms with Gasteiger partial charge in [-0.1, -0.05) is 12.1 Å². The molecule has 7 nitrogen and oxygen atoms in total. The molecule has 0 fully saturated rings. The molecule has 0 aliphatic carbocycles. The van der Waals surface area contributed by atoms with Crippen molar-refractivity contribution in [2.45, 2.75) is 26.3 Å². The summed E-state index contributed by atoms with van der Waals surface area (Å²) in [6.07, 6.45) is 1.59. The molecule has 1 N–H and O–H groups in total. The number of carbonyl (C=O) groups is 2. The van der Waals surface area contributed by atoms with Gasteiger partial charge in [0, 0.05) is 24.3 Å². The van der Waals surface area contributed by atoms with E-state index < -0.39 is 5.54 Å². The molecule has 8 heteroatoms. The van der Waals surface area contributed by atoms with E-state index in [2.05, 4.69) is 10.4 Å². The molecule has 1 heterocycles. The number of aromatic nitrogens is 2. The van der Waals surface area contributed by atoms with Crippen molar-refractivity contribution >= 4 is 11.8 Å². The predicted molar refractivity (Wildman–Crippen MR) is 120 cm³/mol. The highest BCUT2D eigenvalue weighted by Crippen LogP contribution is 2.27. The van der Waals surface area contributed by atoms with Crippen molar-refractivity contribution < 1.29 is 18.7 Å². The number of benzene rings is 2. The lowest BCUT2D eigenvalue weighted by molar-refractivity contribution is -0.122. The van der Waals surface area contributed by atoms with E-state index in [4.69, 9.17) is 4.74 Å². The number of likely N-dealkylation sites (N-methyl/N-ethyl adjacent to an activating group) is 1. The summed E-state index contributed by atoms with van der Waals surface area (Å²) >= 11 is 0. The van der Waals surface area contributed by atoms with Crippen LogP contribution in [0.1, 0.15) is 31.1 Å². The van der Waals surface area contributed by atoms with Crippen LogP contribution < -0.4 is 10.1 Å². The van der Waals surface area contributed by atoms with E-state index in [0.29, 0.717) is 28.3 Å². The van der Waals surface area contributed by atoms with Gasteiger partial charge in [0.1, 0.15) is 17.3 Å². The second-order valence-electron chi connectivity index (χ2n) is 8.50. The Kier molecular flexibility index (Phi) is 6.62. The Hall–Kier alpha value is -3.68. The quantitative estimate of drug-likeness (QED) is 0.637. The van der Waals surface area contributed by atoms with Crippen LogP contribution in [0.25, 0.3) is 16.9 Å². The van der Waals surface area contributed by atoms with Crippen LogP contribution in [0, 0.1) is 5.82 Å². The van der Waals surface area contributed by atoms with Gasteiger partial charge in [-0.3, -0.25) is 9.59 Å². The maximum atomic E-state index is 13.4. The fourth-order valence-electron chi connectivity index (χ4n) is 3.19. The Morgan fingerprint density at radius 1 is 1.16 bits per heavy atom. The third kappa shape index (κ3) is 5.51. The largest absolute Gasteiger partial charge is 0.497 e. The van der Waals surface area contributed by atoms with Gasteiger partial charge in [0.25, 0.3) is 5.91 Å². The lowest BCUT2D eigenvalue weighted by Crippen LogP contribution is -2.46. The SMILES string of the molecule is COc1cccc(-c2nn(-c3ccc(F)cc3)cc2C(=O)N(C)CC(=O)NC(C)(C)C)c1. The molecule has 2 aromatic carbocycles. The summed E-state index contributed by atoms with van der Waals surface area (Å²) in [6.45, 7) is 5.52. The molecule has 0 aliphatic heterocycles. The summed E-state index contributed by atoms with van der Waals surface area (Å²) in [5.74, 6) is -0.368. The van der Waals surface area contributed by atoms with Gasteiger partial charge >= 0.3 is 0 Å². The summed E-state index contributed by atoms with van der Waals surface area (Å²) < 4.78 is 20.2. The number of rotatable bonds is 6. The molecule has 3 rings (SSSR count). The average molecular weight is 439 g/mol. The summed E-state index contributed by atoms with van der Waals surface area (Å²) in [7, 11) is 3.12. The number of carbonyl (C=O) groups excluding carboxylic acids is 2. The lowest BCUT2D eigenvalue weighted by Gasteiger charge is -2.23. The van der Waals surface area contributed by atoms with Crippen molar-refractivity contribution in [1.29, 1.82) is 0 Å². The maximum absolute atomic E-state index is 13.4. The minimum absolute atomic E-state index is 0.102. The summed E-state index contributed by atoms with van der Waals surface area (Å²) in [4.78, 5) is 27.0. The Morgan fingerprint density at radius 2 is 1.84 bits per heavy atom. The topological polar surface area (TPSA) is 76.5 Å². The molecule has 0 saturated heterocycles. The van der Waals surface area contributed by atoms with Crippen molar-refractivity contribution in [3.05, 3.63) is 66.1 Å². The first-order chi connectivity index (χ1) is 15.1. The van der Waals surface area contributed by atoms with Gasteiger partial charge < -0.3 is 15.0 Å². The van der Waals surface area contributed by atoms with Crippen LogP contribution >= 0.6 is 0 Å². The molecular formula is C24H27FN4O3. The molecule has 0 aliphatic rings. The molecule has 168 valence electrons. The van der Waals surface area contributed by atoms with Gasteiger partial charge in [0.2, 0.25) is 5.91 Å². The van der Waals surface area contributed by atoms with E-state index >= 15 is 0 Å². The highest BCUT2D eigenvalue weighted by atomic mass is 19.1. The fraction of sp³-hybridized carbons (Fsp3) is 0.292. The Bertz CT molecular complexity index is 1120. The molecule has 0 radical (unpaired) electrons. The standard InChI is InChI=1S/C24H27FN4O3/c1-24(2,3)26-21(30)15-28(4)23(31)20-14-29(18-11-9-17(25)10-12-18)27-22(20)16-7-6-8-19(13-16)32-5/h6-14H,15H2,1-5H3,(H,26,30). The molecule has 0 spiro atoms. The van der Waals surface area contributed by atoms with Crippen LogP contribution in [0.5, 0.6) is 5.75 Å². The van der Waals surface area contributed by atoms with Crippen LogP contribution in [0.15, 0.2) is 54.7 Å². The third-order valence-corrected chi connectivity index (χ3v) is 4.62. The van der Waals surface area contributed by atoms with Crippen molar-refractivity contribution in [2.24, 2.45) is 0 Å². The van der Waals surface area contributed by atoms with E-state index in [1.54, 1.807) is 50.7 Å². The number of nitrogens with zero attached hydrogens (tertiary/aromatic N) is 3. The fourth-order valence-corrected chi connectivity index (χ4v) is 3.19. The second-order valence-corrected chi connectivity index (χ2v) is 8.50. The summed E-state index contributed by atoms with van der Waals surface area (Å²) in [5.41, 5.74) is 1.62. The zero-order valence-electron chi connectivity index (χ0n) is 18.8. The highest BCUT2D eigenvalue weighted by molar-refractivity contribution is 6.01. The van der Waals surface area contributed by atoms with Crippen LogP contribution in [0.4, 0.5) is 4.39 Å². The monoisotopic (exact) mass is 438 g/mol. The number of hydrogen-bond acceptors (Lipinski definition) is 4. The number of methoxy groups -OCH3 is 1. The number of halogens is 1. The number of amides is 2. The van der Waals surface area contributed by atoms with Crippen LogP contribution in [-0.4, -0.2) is 52.7 Å². The van der Waals surface area contributed by atoms with E-state index in [1.165, 1.54) is 21.7 Å². The smallest absolute Gasteiger partial charge is 0.257 e. The Labute approximate surface area is 186 Å². The predicted octanol–water partition coefficient (Wildman–Crippen LogP) is 3.67. The van der Waals surface area contributed by atoms with E-state index in [9.17, 15) is 14.0 Å². The van der Waals surface area contributed by atoms with Crippen LogP contribution in [0.3, 0.4) is 0 Å². The van der Waals surface area contributed by atoms with Crippen molar-refractivity contribution in [2.75, 3.05) is 20.7 Å². The molecule has 3 aromatic rings. The number of hydrogen-bond donors (Lipinski definition) is 1. The number of nitrogens with one attached hydrogen (secondary N) is 1. The van der Waals surface area contributed by atoms with Crippen molar-refractivity contribution in [1.82, 2.24) is 20.0 Å². The third-order valence-electron chi connectivity index (χ3n) is 4.62. The molecule has 0 atom stereocenters. The number of ether oxygens (including phenoxy) is 1. The minimum atomic E-state index is -0.403. The van der Waals surface area contributed by atoms with Crippen molar-refractivity contribution in [3.8, 4) is 22.7 Å². The van der Waals surface area contributed by atoms with Crippen LogP contribution in [-0.2, 0) is 4.79 Å². The molecule has 0 unspecified atom stereocenters. The average Bonchev–Trinajstić information content (AvgIpc) is 3.17. The highest BCUT2D eigenvalue weighted by Gasteiger charge is 2.24. The van der Waals surface area contributed by atoms with Gasteiger partial charge in [-0.25, -0.2) is 9.07 Å². The lowest BCUT2D eigenvalue weighted by atomic mass is 10.1. The van der Waals surface area contributed by atoms with E-state index in [0.717, 1.165) is 0 Å². The minimum Gasteiger partial charge on any atom is -0.497 e. The molecule has 2 amide bonds. The first-order valence-corrected chi connectivity index (χ1v) is 10.1. The molecule has 1 aromatic heterocycles. The summed E-state index contributed by atoms with van der Waals surface area (Å²) in [6, 6.07) is 13.0. The zero-order valence-corrected chi connectivity index (χ0v) is 18.8. The Morgan fingerprint density at radius 3 is 2.47 bits per heavy atom. The van der Waals surface area contributed by atoms with Gasteiger partial charge in [0.15, 0.2) is 0 Å². The van der Waals surface area contributed by atoms with Crippen molar-refractivity contribution in [3.63, 3.8) is 0 Å². The first kappa shape index (κ1) is 23.0. The molecular weight excluding hydrogens is 411 g/mol. The van der Waals surface area contributed by atoms with Gasteiger partial charge in [0.05, 0.1) is 24.9 Å². The van der Waals surface area contributed by atoms with Gasteiger partial charge in [-0.05, 0) is 57.2 Å². The van der Waals surface area contributed by atoms with Gasteiger partial charge in [-0.2, -0.15) is 5.10 Å². The maximum Gasteiger partial charge on any atom is 0.257 e. The molecule has 0 bridgehead atoms.